The van der Waals surface area contributed by atoms with Crippen molar-refractivity contribution in [2.24, 2.45) is 5.73 Å². The Bertz CT molecular complexity index is 124. The molecule has 0 aromatic heterocycles. The van der Waals surface area contributed by atoms with E-state index in [2.05, 4.69) is 11.8 Å². The number of likely N-dealkylation sites (tertiary alicyclic amines) is 1. The van der Waals surface area contributed by atoms with Gasteiger partial charge in [0, 0.05) is 24.7 Å². The first-order valence-electron chi connectivity index (χ1n) is 3.80. The Morgan fingerprint density at radius 2 is 2.22 bits per heavy atom. The maximum absolute atomic E-state index is 5.70. The molecule has 3 atom stereocenters. The van der Waals surface area contributed by atoms with Gasteiger partial charge in [0.15, 0.2) is 0 Å². The fourth-order valence-electron chi connectivity index (χ4n) is 1.61. The highest BCUT2D eigenvalue weighted by Crippen LogP contribution is 2.33. The molecule has 2 N–H and O–H groups in total. The van der Waals surface area contributed by atoms with Crippen LogP contribution in [0.25, 0.3) is 0 Å². The number of nitrogens with zero attached hydrogens (tertiary/aromatic N) is 1. The zero-order valence-corrected chi connectivity index (χ0v) is 5.88. The molecule has 3 unspecified atom stereocenters. The van der Waals surface area contributed by atoms with Gasteiger partial charge in [0.25, 0.3) is 0 Å². The fourth-order valence-corrected chi connectivity index (χ4v) is 1.61. The Morgan fingerprint density at radius 3 is 2.33 bits per heavy atom. The summed E-state index contributed by atoms with van der Waals surface area (Å²) in [6.07, 6.45) is 2.62. The van der Waals surface area contributed by atoms with Crippen molar-refractivity contribution >= 4 is 0 Å². The molecule has 1 aliphatic carbocycles. The summed E-state index contributed by atoms with van der Waals surface area (Å²) >= 11 is 0. The Hall–Kier alpha value is -0.0800. The minimum atomic E-state index is 0.507. The first kappa shape index (κ1) is 5.69. The van der Waals surface area contributed by atoms with Crippen molar-refractivity contribution in [3.63, 3.8) is 0 Å². The maximum atomic E-state index is 5.70. The van der Waals surface area contributed by atoms with E-state index < -0.39 is 0 Å². The molecule has 1 aliphatic heterocycles. The lowest BCUT2D eigenvalue weighted by Crippen LogP contribution is -2.48. The highest BCUT2D eigenvalue weighted by Gasteiger charge is 2.43. The summed E-state index contributed by atoms with van der Waals surface area (Å²) in [5.74, 6) is 0. The van der Waals surface area contributed by atoms with Crippen molar-refractivity contribution < 1.29 is 0 Å². The molecule has 0 radical (unpaired) electrons. The second kappa shape index (κ2) is 1.70. The van der Waals surface area contributed by atoms with Crippen LogP contribution in [0.2, 0.25) is 0 Å². The van der Waals surface area contributed by atoms with Gasteiger partial charge in [0.05, 0.1) is 0 Å². The van der Waals surface area contributed by atoms with Crippen LogP contribution in [0.5, 0.6) is 0 Å². The van der Waals surface area contributed by atoms with E-state index in [1.807, 2.05) is 0 Å². The molecule has 2 fully saturated rings. The van der Waals surface area contributed by atoms with Crippen LogP contribution < -0.4 is 5.73 Å². The summed E-state index contributed by atoms with van der Waals surface area (Å²) in [5.41, 5.74) is 5.70. The first-order valence-corrected chi connectivity index (χ1v) is 3.80. The summed E-state index contributed by atoms with van der Waals surface area (Å²) in [6, 6.07) is 2.09. The van der Waals surface area contributed by atoms with Gasteiger partial charge >= 0.3 is 0 Å². The maximum Gasteiger partial charge on any atom is 0.0265 e. The van der Waals surface area contributed by atoms with Crippen LogP contribution in [0.1, 0.15) is 19.8 Å². The lowest BCUT2D eigenvalue weighted by molar-refractivity contribution is 0.0930. The molecule has 2 nitrogen and oxygen atoms in total. The van der Waals surface area contributed by atoms with Crippen LogP contribution in [-0.4, -0.2) is 29.6 Å². The minimum Gasteiger partial charge on any atom is -0.326 e. The smallest absolute Gasteiger partial charge is 0.0265 e. The van der Waals surface area contributed by atoms with Crippen LogP contribution in [0, 0.1) is 0 Å². The highest BCUT2D eigenvalue weighted by atomic mass is 15.3. The van der Waals surface area contributed by atoms with E-state index in [0.717, 1.165) is 12.1 Å². The molecular weight excluding hydrogens is 112 g/mol. The van der Waals surface area contributed by atoms with E-state index in [4.69, 9.17) is 5.73 Å². The fraction of sp³-hybridized carbons (Fsp3) is 1.00. The molecule has 0 spiro atoms. The predicted octanol–water partition coefficient (Wildman–Crippen LogP) is 0.180. The van der Waals surface area contributed by atoms with Crippen molar-refractivity contribution in [3.05, 3.63) is 0 Å². The molecule has 0 amide bonds. The summed E-state index contributed by atoms with van der Waals surface area (Å²) in [7, 11) is 0. The van der Waals surface area contributed by atoms with Crippen LogP contribution >= 0.6 is 0 Å². The summed E-state index contributed by atoms with van der Waals surface area (Å²) in [6.45, 7) is 3.58. The van der Waals surface area contributed by atoms with Crippen molar-refractivity contribution in [2.45, 2.75) is 37.9 Å². The molecule has 0 aromatic rings. The van der Waals surface area contributed by atoms with Gasteiger partial charge in [-0.3, -0.25) is 4.90 Å². The standard InChI is InChI=1S/C7H14N2/c1-5-2-3-9(5)7-4-6(7)8/h5-7H,2-4,8H2,1H3. The number of rotatable bonds is 1. The summed E-state index contributed by atoms with van der Waals surface area (Å²) in [5, 5.41) is 0. The average Bonchev–Trinajstić information content (AvgIpc) is 2.44. The van der Waals surface area contributed by atoms with Gasteiger partial charge < -0.3 is 5.73 Å². The molecule has 2 aliphatic rings. The quantitative estimate of drug-likeness (QED) is 0.543. The SMILES string of the molecule is CC1CCN1C1CC1N. The van der Waals surface area contributed by atoms with Gasteiger partial charge in [-0.2, -0.15) is 0 Å². The normalized spacial score (nSPS) is 50.7. The number of nitrogens with two attached hydrogens (primary N) is 1. The van der Waals surface area contributed by atoms with Crippen molar-refractivity contribution in [3.8, 4) is 0 Å². The average molecular weight is 126 g/mol. The first-order chi connectivity index (χ1) is 4.29. The van der Waals surface area contributed by atoms with Crippen LogP contribution in [-0.2, 0) is 0 Å². The Kier molecular flexibility index (Phi) is 1.08. The monoisotopic (exact) mass is 126 g/mol. The zero-order chi connectivity index (χ0) is 6.43. The molecule has 2 heteroatoms. The third-order valence-corrected chi connectivity index (χ3v) is 2.60. The Balaban J connectivity index is 1.86. The number of hydrogen-bond acceptors (Lipinski definition) is 2. The molecular formula is C7H14N2. The molecule has 1 heterocycles. The van der Waals surface area contributed by atoms with Crippen molar-refractivity contribution in [1.82, 2.24) is 4.90 Å². The lowest BCUT2D eigenvalue weighted by Gasteiger charge is -2.39. The van der Waals surface area contributed by atoms with Gasteiger partial charge in [-0.05, 0) is 19.8 Å². The molecule has 9 heavy (non-hydrogen) atoms. The van der Waals surface area contributed by atoms with E-state index >= 15 is 0 Å². The second-order valence-electron chi connectivity index (χ2n) is 3.34. The largest absolute Gasteiger partial charge is 0.326 e. The van der Waals surface area contributed by atoms with Crippen LogP contribution in [0.4, 0.5) is 0 Å². The third-order valence-electron chi connectivity index (χ3n) is 2.60. The van der Waals surface area contributed by atoms with E-state index in [-0.39, 0.29) is 0 Å². The van der Waals surface area contributed by atoms with Gasteiger partial charge in [-0.1, -0.05) is 0 Å². The third kappa shape index (κ3) is 0.775. The zero-order valence-electron chi connectivity index (χ0n) is 5.88. The van der Waals surface area contributed by atoms with Gasteiger partial charge in [-0.15, -0.1) is 0 Å². The predicted molar refractivity (Wildman–Crippen MR) is 37.2 cm³/mol. The number of hydrogen-bond donors (Lipinski definition) is 1. The van der Waals surface area contributed by atoms with Gasteiger partial charge in [-0.25, -0.2) is 0 Å². The van der Waals surface area contributed by atoms with Gasteiger partial charge in [0.1, 0.15) is 0 Å². The molecule has 2 rings (SSSR count). The van der Waals surface area contributed by atoms with E-state index in [1.54, 1.807) is 0 Å². The molecule has 0 aromatic carbocycles. The van der Waals surface area contributed by atoms with E-state index in [1.165, 1.54) is 19.4 Å². The van der Waals surface area contributed by atoms with Crippen molar-refractivity contribution in [1.29, 1.82) is 0 Å². The molecule has 0 bridgehead atoms. The Labute approximate surface area is 56.0 Å². The topological polar surface area (TPSA) is 29.3 Å². The van der Waals surface area contributed by atoms with E-state index in [9.17, 15) is 0 Å². The molecule has 1 saturated carbocycles. The highest BCUT2D eigenvalue weighted by molar-refractivity contribution is 5.03. The second-order valence-corrected chi connectivity index (χ2v) is 3.34. The Morgan fingerprint density at radius 1 is 1.56 bits per heavy atom. The minimum absolute atomic E-state index is 0.507. The summed E-state index contributed by atoms with van der Waals surface area (Å²) in [4.78, 5) is 2.52. The van der Waals surface area contributed by atoms with Crippen LogP contribution in [0.3, 0.4) is 0 Å². The van der Waals surface area contributed by atoms with Gasteiger partial charge in [0.2, 0.25) is 0 Å². The van der Waals surface area contributed by atoms with Crippen molar-refractivity contribution in [2.75, 3.05) is 6.54 Å². The van der Waals surface area contributed by atoms with E-state index in [0.29, 0.717) is 6.04 Å². The van der Waals surface area contributed by atoms with Crippen LogP contribution in [0.15, 0.2) is 0 Å². The molecule has 1 saturated heterocycles. The lowest BCUT2D eigenvalue weighted by atomic mass is 10.1. The molecule has 52 valence electrons. The summed E-state index contributed by atoms with van der Waals surface area (Å²) < 4.78 is 0.